The molecule has 2 heteroatoms. The predicted molar refractivity (Wildman–Crippen MR) is 92.2 cm³/mol. The summed E-state index contributed by atoms with van der Waals surface area (Å²) in [6.07, 6.45) is 9.88. The number of ether oxygens (including phenoxy) is 1. The first-order valence-corrected chi connectivity index (χ1v) is 9.29. The van der Waals surface area contributed by atoms with Crippen LogP contribution in [0.25, 0.3) is 0 Å². The van der Waals surface area contributed by atoms with E-state index in [0.29, 0.717) is 6.10 Å². The van der Waals surface area contributed by atoms with Gasteiger partial charge in [0.2, 0.25) is 0 Å². The number of nitrogens with zero attached hydrogens (tertiary/aromatic N) is 1. The lowest BCUT2D eigenvalue weighted by Gasteiger charge is -2.39. The third kappa shape index (κ3) is 7.15. The highest BCUT2D eigenvalue weighted by Crippen LogP contribution is 2.35. The maximum absolute atomic E-state index is 6.42. The van der Waals surface area contributed by atoms with Crippen molar-refractivity contribution in [3.63, 3.8) is 0 Å². The molecule has 1 saturated carbocycles. The molecule has 21 heavy (non-hydrogen) atoms. The Hall–Kier alpha value is -0.0800. The van der Waals surface area contributed by atoms with Crippen LogP contribution in [0.1, 0.15) is 72.6 Å². The molecule has 1 fully saturated rings. The van der Waals surface area contributed by atoms with Gasteiger partial charge in [0, 0.05) is 0 Å². The van der Waals surface area contributed by atoms with Crippen LogP contribution >= 0.6 is 0 Å². The van der Waals surface area contributed by atoms with Gasteiger partial charge in [-0.3, -0.25) is 0 Å². The van der Waals surface area contributed by atoms with E-state index in [1.54, 1.807) is 0 Å². The molecule has 126 valence electrons. The second-order valence-electron chi connectivity index (χ2n) is 8.38. The first-order chi connectivity index (χ1) is 9.85. The lowest BCUT2D eigenvalue weighted by molar-refractivity contribution is -0.911. The summed E-state index contributed by atoms with van der Waals surface area (Å²) in [5.41, 5.74) is 0. The fourth-order valence-corrected chi connectivity index (χ4v) is 3.64. The molecule has 0 N–H and O–H groups in total. The number of unbranched alkanes of at least 4 members (excludes halogenated alkanes) is 3. The molecule has 0 spiro atoms. The van der Waals surface area contributed by atoms with E-state index in [-0.39, 0.29) is 0 Å². The zero-order valence-electron chi connectivity index (χ0n) is 15.5. The van der Waals surface area contributed by atoms with Crippen LogP contribution < -0.4 is 0 Å². The molecule has 1 rings (SSSR count). The zero-order valence-corrected chi connectivity index (χ0v) is 15.5. The average Bonchev–Trinajstić information content (AvgIpc) is 2.41. The zero-order chi connectivity index (χ0) is 15.9. The van der Waals surface area contributed by atoms with Crippen molar-refractivity contribution in [1.29, 1.82) is 0 Å². The van der Waals surface area contributed by atoms with E-state index in [4.69, 9.17) is 4.74 Å². The average molecular weight is 299 g/mol. The van der Waals surface area contributed by atoms with Gasteiger partial charge < -0.3 is 9.22 Å². The minimum Gasteiger partial charge on any atom is -0.328 e. The van der Waals surface area contributed by atoms with Crippen LogP contribution in [0.5, 0.6) is 0 Å². The largest absolute Gasteiger partial charge is 0.328 e. The molecule has 0 heterocycles. The van der Waals surface area contributed by atoms with Gasteiger partial charge >= 0.3 is 0 Å². The molecule has 2 nitrogen and oxygen atoms in total. The van der Waals surface area contributed by atoms with E-state index in [9.17, 15) is 0 Å². The second kappa shape index (κ2) is 9.15. The predicted octanol–water partition coefficient (Wildman–Crippen LogP) is 5.08. The number of hydrogen-bond donors (Lipinski definition) is 0. The lowest BCUT2D eigenvalue weighted by Crippen LogP contribution is -2.45. The summed E-state index contributed by atoms with van der Waals surface area (Å²) < 4.78 is 7.43. The standard InChI is InChI=1S/C19H40NO/c1-7-8-9-10-13-20(5,6)15-21-19-14-17(4)11-12-18(19)16(2)3/h16-19H,7-15H2,1-6H3/q+1/t17-,18+,19-/m1/s1. The summed E-state index contributed by atoms with van der Waals surface area (Å²) in [7, 11) is 4.64. The molecule has 0 saturated heterocycles. The van der Waals surface area contributed by atoms with Crippen molar-refractivity contribution in [2.75, 3.05) is 27.4 Å². The molecule has 0 bridgehead atoms. The van der Waals surface area contributed by atoms with Crippen LogP contribution in [0.3, 0.4) is 0 Å². The van der Waals surface area contributed by atoms with Gasteiger partial charge in [0.1, 0.15) is 0 Å². The molecule has 0 amide bonds. The Labute approximate surface area is 133 Å². The van der Waals surface area contributed by atoms with E-state index in [1.165, 1.54) is 51.5 Å². The molecule has 1 aliphatic carbocycles. The van der Waals surface area contributed by atoms with Crippen LogP contribution in [-0.2, 0) is 4.74 Å². The fourth-order valence-electron chi connectivity index (χ4n) is 3.64. The third-order valence-electron chi connectivity index (χ3n) is 5.22. The molecule has 0 aromatic carbocycles. The molecule has 0 aliphatic heterocycles. The van der Waals surface area contributed by atoms with Gasteiger partial charge in [-0.05, 0) is 43.4 Å². The van der Waals surface area contributed by atoms with Crippen molar-refractivity contribution in [2.45, 2.75) is 78.7 Å². The fraction of sp³-hybridized carbons (Fsp3) is 1.00. The van der Waals surface area contributed by atoms with Crippen LogP contribution in [0.4, 0.5) is 0 Å². The van der Waals surface area contributed by atoms with Crippen LogP contribution in [0, 0.1) is 17.8 Å². The molecule has 1 aliphatic rings. The second-order valence-corrected chi connectivity index (χ2v) is 8.38. The summed E-state index contributed by atoms with van der Waals surface area (Å²) >= 11 is 0. The number of quaternary nitrogens is 1. The summed E-state index contributed by atoms with van der Waals surface area (Å²) in [6, 6.07) is 0. The van der Waals surface area contributed by atoms with Crippen LogP contribution in [0.15, 0.2) is 0 Å². The normalized spacial score (nSPS) is 27.3. The minimum atomic E-state index is 0.488. The van der Waals surface area contributed by atoms with Gasteiger partial charge in [0.15, 0.2) is 6.73 Å². The van der Waals surface area contributed by atoms with Gasteiger partial charge in [0.25, 0.3) is 0 Å². The Morgan fingerprint density at radius 3 is 2.43 bits per heavy atom. The molecule has 3 atom stereocenters. The summed E-state index contributed by atoms with van der Waals surface area (Å²) in [5.74, 6) is 2.36. The number of rotatable bonds is 9. The van der Waals surface area contributed by atoms with E-state index in [2.05, 4.69) is 41.8 Å². The Balaban J connectivity index is 2.39. The minimum absolute atomic E-state index is 0.488. The van der Waals surface area contributed by atoms with Crippen LogP contribution in [-0.4, -0.2) is 38.0 Å². The summed E-state index contributed by atoms with van der Waals surface area (Å²) in [5, 5.41) is 0. The van der Waals surface area contributed by atoms with Crippen molar-refractivity contribution >= 4 is 0 Å². The van der Waals surface area contributed by atoms with Crippen molar-refractivity contribution < 1.29 is 9.22 Å². The van der Waals surface area contributed by atoms with E-state index in [0.717, 1.165) is 29.0 Å². The van der Waals surface area contributed by atoms with Gasteiger partial charge in [-0.15, -0.1) is 0 Å². The highest BCUT2D eigenvalue weighted by atomic mass is 16.5. The van der Waals surface area contributed by atoms with E-state index < -0.39 is 0 Å². The van der Waals surface area contributed by atoms with Crippen molar-refractivity contribution in [3.05, 3.63) is 0 Å². The van der Waals surface area contributed by atoms with Gasteiger partial charge in [0.05, 0.1) is 26.7 Å². The van der Waals surface area contributed by atoms with Gasteiger partial charge in [-0.1, -0.05) is 47.0 Å². The Morgan fingerprint density at radius 2 is 1.81 bits per heavy atom. The van der Waals surface area contributed by atoms with Gasteiger partial charge in [-0.25, -0.2) is 0 Å². The van der Waals surface area contributed by atoms with Crippen LogP contribution in [0.2, 0.25) is 0 Å². The molecular formula is C19H40NO+. The smallest absolute Gasteiger partial charge is 0.183 e. The molecule has 0 radical (unpaired) electrons. The summed E-state index contributed by atoms with van der Waals surface area (Å²) in [4.78, 5) is 0. The first-order valence-electron chi connectivity index (χ1n) is 9.29. The van der Waals surface area contributed by atoms with Crippen molar-refractivity contribution in [3.8, 4) is 0 Å². The molecule has 0 unspecified atom stereocenters. The number of hydrogen-bond acceptors (Lipinski definition) is 1. The highest BCUT2D eigenvalue weighted by Gasteiger charge is 2.32. The lowest BCUT2D eigenvalue weighted by atomic mass is 9.75. The Morgan fingerprint density at radius 1 is 1.10 bits per heavy atom. The summed E-state index contributed by atoms with van der Waals surface area (Å²) in [6.45, 7) is 11.5. The maximum atomic E-state index is 6.42. The quantitative estimate of drug-likeness (QED) is 0.328. The molecular weight excluding hydrogens is 258 g/mol. The van der Waals surface area contributed by atoms with Crippen molar-refractivity contribution in [1.82, 2.24) is 0 Å². The third-order valence-corrected chi connectivity index (χ3v) is 5.22. The highest BCUT2D eigenvalue weighted by molar-refractivity contribution is 4.81. The first kappa shape index (κ1) is 19.0. The maximum Gasteiger partial charge on any atom is 0.183 e. The Bertz CT molecular complexity index is 275. The van der Waals surface area contributed by atoms with Crippen molar-refractivity contribution in [2.24, 2.45) is 17.8 Å². The van der Waals surface area contributed by atoms with E-state index in [1.807, 2.05) is 0 Å². The van der Waals surface area contributed by atoms with E-state index >= 15 is 0 Å². The topological polar surface area (TPSA) is 9.23 Å². The SMILES string of the molecule is CCCCCC[N+](C)(C)CO[C@@H]1C[C@H](C)CC[C@H]1C(C)C. The van der Waals surface area contributed by atoms with Gasteiger partial charge in [-0.2, -0.15) is 0 Å². The molecule has 0 aromatic rings. The molecule has 0 aromatic heterocycles. The Kier molecular flexibility index (Phi) is 8.26. The monoisotopic (exact) mass is 298 g/mol.